The van der Waals surface area contributed by atoms with E-state index in [0.717, 1.165) is 24.6 Å². The molecule has 1 rings (SSSR count). The number of carbonyl (C=O) groups is 9. The van der Waals surface area contributed by atoms with Gasteiger partial charge < -0.3 is 68.4 Å². The summed E-state index contributed by atoms with van der Waals surface area (Å²) in [7, 11) is 3.83. The smallest absolute Gasteiger partial charge is 0.325 e. The van der Waals surface area contributed by atoms with Crippen LogP contribution in [0.4, 0.5) is 0 Å². The van der Waals surface area contributed by atoms with Gasteiger partial charge in [-0.2, -0.15) is 0 Å². The van der Waals surface area contributed by atoms with E-state index in [0.29, 0.717) is 12.0 Å². The molecule has 23 nitrogen and oxygen atoms in total. The Kier molecular flexibility index (Phi) is 27.9. The zero-order valence-corrected chi connectivity index (χ0v) is 42.8. The van der Waals surface area contributed by atoms with Gasteiger partial charge >= 0.3 is 17.9 Å². The van der Waals surface area contributed by atoms with Crippen molar-refractivity contribution in [3.8, 4) is 0 Å². The number of methoxy groups -OCH3 is 2. The standard InChI is InChI=1S/C49H76N10O13/c1-27(2)23-34(50)44(65)58-38(26-41(62)72-10)46(67)56-36(17-14-22-53-49(51)52)45(66)55-35(19-18-28(3)24-29(4)39(71-9)25-33-15-12-11-13-16-33)30(5)42(63)57-37(20-21-40(60)61)47(68)59(8)32(7)43(64)54-31(6)48(69)70/h11-13,15-16,18-19,24,27,29-31,34-39H,7,14,17,20-23,25-26,50H2,1-6,8-10H3,(H,54,64)(H,55,66)(H,56,67)(H,57,63)(H,58,65)(H,60,61)(H,69,70)(H4,51,52,53). The van der Waals surface area contributed by atoms with Crippen LogP contribution in [0, 0.1) is 17.8 Å². The molecule has 0 spiro atoms. The summed E-state index contributed by atoms with van der Waals surface area (Å²) in [6, 6.07) is 1.60. The molecule has 0 heterocycles. The molecule has 0 aromatic heterocycles. The summed E-state index contributed by atoms with van der Waals surface area (Å²) in [5.41, 5.74) is 18.3. The summed E-state index contributed by atoms with van der Waals surface area (Å²) in [5, 5.41) is 31.3. The maximum Gasteiger partial charge on any atom is 0.325 e. The number of carboxylic acid groups (broad SMARTS) is 2. The maximum absolute atomic E-state index is 14.5. The molecule has 0 bridgehead atoms. The number of carbonyl (C=O) groups excluding carboxylic acids is 7. The summed E-state index contributed by atoms with van der Waals surface area (Å²) >= 11 is 0. The highest BCUT2D eigenvalue weighted by Gasteiger charge is 2.35. The summed E-state index contributed by atoms with van der Waals surface area (Å²) in [6.45, 7) is 13.6. The Balaban J connectivity index is 3.81. The first kappa shape index (κ1) is 62.9. The quantitative estimate of drug-likeness (QED) is 0.0116. The Morgan fingerprint density at radius 2 is 1.42 bits per heavy atom. The lowest BCUT2D eigenvalue weighted by atomic mass is 9.94. The SMILES string of the molecule is C=C(C(=O)NC(C)C(=O)O)N(C)C(=O)C(CCC(=O)O)NC(=O)C(C)C(C=CC(C)=CC(C)C(Cc1ccccc1)OC)NC(=O)C(CCCN=C(N)N)NC(=O)C(CC(=O)OC)NC(=O)C(N)CC(C)C. The number of carboxylic acids is 2. The Bertz CT molecular complexity index is 2130. The van der Waals surface area contributed by atoms with E-state index in [2.05, 4.69) is 38.2 Å². The molecule has 0 fully saturated rings. The van der Waals surface area contributed by atoms with E-state index in [4.69, 9.17) is 26.7 Å². The van der Waals surface area contributed by atoms with E-state index < -0.39 is 120 Å². The van der Waals surface area contributed by atoms with Crippen molar-refractivity contribution < 1.29 is 62.8 Å². The monoisotopic (exact) mass is 1010 g/mol. The third kappa shape index (κ3) is 23.2. The van der Waals surface area contributed by atoms with E-state index in [1.54, 1.807) is 20.1 Å². The molecule has 0 aliphatic heterocycles. The number of esters is 1. The lowest BCUT2D eigenvalue weighted by Gasteiger charge is -2.29. The van der Waals surface area contributed by atoms with Crippen LogP contribution in [0.3, 0.4) is 0 Å². The highest BCUT2D eigenvalue weighted by molar-refractivity contribution is 6.00. The number of aliphatic carboxylic acids is 2. The van der Waals surface area contributed by atoms with Crippen LogP contribution in [0.15, 0.2) is 71.4 Å². The summed E-state index contributed by atoms with van der Waals surface area (Å²) in [6.07, 6.45) is 4.07. The van der Waals surface area contributed by atoms with E-state index in [-0.39, 0.29) is 49.7 Å². The minimum absolute atomic E-state index is 0.0135. The lowest BCUT2D eigenvalue weighted by Crippen LogP contribution is -2.58. The molecule has 0 saturated heterocycles. The fourth-order valence-corrected chi connectivity index (χ4v) is 7.02. The minimum Gasteiger partial charge on any atom is -0.481 e. The number of aliphatic imine (C=N–C) groups is 1. The number of nitrogens with one attached hydrogen (secondary N) is 5. The second kappa shape index (κ2) is 32.0. The molecule has 400 valence electrons. The second-order valence-electron chi connectivity index (χ2n) is 17.9. The van der Waals surface area contributed by atoms with E-state index in [1.807, 2.05) is 57.2 Å². The highest BCUT2D eigenvalue weighted by atomic mass is 16.5. The Labute approximate surface area is 421 Å². The molecule has 0 radical (unpaired) electrons. The van der Waals surface area contributed by atoms with Crippen LogP contribution in [0.2, 0.25) is 0 Å². The Morgan fingerprint density at radius 1 is 0.819 bits per heavy atom. The average Bonchev–Trinajstić information content (AvgIpc) is 3.32. The number of amides is 6. The van der Waals surface area contributed by atoms with E-state index in [1.165, 1.54) is 19.9 Å². The predicted octanol–water partition coefficient (Wildman–Crippen LogP) is 0.374. The van der Waals surface area contributed by atoms with Gasteiger partial charge in [0.05, 0.1) is 37.6 Å². The number of rotatable bonds is 32. The third-order valence-electron chi connectivity index (χ3n) is 11.4. The summed E-state index contributed by atoms with van der Waals surface area (Å²) in [4.78, 5) is 123. The van der Waals surface area contributed by atoms with Gasteiger partial charge in [0.25, 0.3) is 5.91 Å². The zero-order valence-electron chi connectivity index (χ0n) is 42.8. The van der Waals surface area contributed by atoms with Crippen molar-refractivity contribution in [1.82, 2.24) is 31.5 Å². The molecule has 9 atom stereocenters. The van der Waals surface area contributed by atoms with Crippen LogP contribution < -0.4 is 43.8 Å². The minimum atomic E-state index is -1.57. The van der Waals surface area contributed by atoms with Crippen molar-refractivity contribution in [3.05, 3.63) is 72.0 Å². The molecular weight excluding hydrogens is 937 g/mol. The average molecular weight is 1010 g/mol. The van der Waals surface area contributed by atoms with Crippen LogP contribution in [0.1, 0.15) is 85.6 Å². The van der Waals surface area contributed by atoms with Crippen molar-refractivity contribution in [2.75, 3.05) is 27.8 Å². The first-order valence-corrected chi connectivity index (χ1v) is 23.5. The number of guanidine groups is 1. The molecule has 0 saturated carbocycles. The molecule has 1 aromatic carbocycles. The molecule has 0 aliphatic carbocycles. The highest BCUT2D eigenvalue weighted by Crippen LogP contribution is 2.19. The van der Waals surface area contributed by atoms with Crippen molar-refractivity contribution in [1.29, 1.82) is 0 Å². The van der Waals surface area contributed by atoms with Gasteiger partial charge in [-0.05, 0) is 57.4 Å². The van der Waals surface area contributed by atoms with Crippen molar-refractivity contribution in [2.24, 2.45) is 39.9 Å². The van der Waals surface area contributed by atoms with Crippen molar-refractivity contribution >= 4 is 59.3 Å². The Hall–Kier alpha value is -7.14. The molecule has 6 amide bonds. The van der Waals surface area contributed by atoms with Gasteiger partial charge in [-0.25, -0.2) is 0 Å². The zero-order chi connectivity index (χ0) is 54.8. The second-order valence-corrected chi connectivity index (χ2v) is 17.9. The van der Waals surface area contributed by atoms with Crippen LogP contribution in [-0.2, 0) is 59.0 Å². The summed E-state index contributed by atoms with van der Waals surface area (Å²) < 4.78 is 10.6. The van der Waals surface area contributed by atoms with Gasteiger partial charge in [-0.3, -0.25) is 48.1 Å². The van der Waals surface area contributed by atoms with Gasteiger partial charge in [-0.1, -0.05) is 88.4 Å². The Morgan fingerprint density at radius 3 is 1.97 bits per heavy atom. The van der Waals surface area contributed by atoms with E-state index in [9.17, 15) is 53.4 Å². The fraction of sp³-hybridized carbons (Fsp3) is 0.551. The largest absolute Gasteiger partial charge is 0.481 e. The normalized spacial score (nSPS) is 15.2. The van der Waals surface area contributed by atoms with Crippen molar-refractivity contribution in [2.45, 2.75) is 129 Å². The van der Waals surface area contributed by atoms with Gasteiger partial charge in [0.2, 0.25) is 29.5 Å². The van der Waals surface area contributed by atoms with Crippen LogP contribution >= 0.6 is 0 Å². The van der Waals surface area contributed by atoms with E-state index >= 15 is 0 Å². The first-order chi connectivity index (χ1) is 33.7. The number of benzene rings is 1. The molecular formula is C49H76N10O13. The van der Waals surface area contributed by atoms with Crippen LogP contribution in [0.5, 0.6) is 0 Å². The van der Waals surface area contributed by atoms with Gasteiger partial charge in [0, 0.05) is 33.0 Å². The number of ether oxygens (including phenoxy) is 2. The number of nitrogens with zero attached hydrogens (tertiary/aromatic N) is 2. The van der Waals surface area contributed by atoms with Gasteiger partial charge in [0.1, 0.15) is 29.9 Å². The van der Waals surface area contributed by atoms with Crippen LogP contribution in [0.25, 0.3) is 0 Å². The van der Waals surface area contributed by atoms with Gasteiger partial charge in [-0.15, -0.1) is 0 Å². The molecule has 23 heteroatoms. The fourth-order valence-electron chi connectivity index (χ4n) is 7.02. The third-order valence-corrected chi connectivity index (χ3v) is 11.4. The maximum atomic E-state index is 14.5. The number of allylic oxidation sites excluding steroid dienone is 2. The molecule has 72 heavy (non-hydrogen) atoms. The molecule has 9 unspecified atom stereocenters. The predicted molar refractivity (Wildman–Crippen MR) is 268 cm³/mol. The topological polar surface area (TPSA) is 366 Å². The number of nitrogens with two attached hydrogens (primary N) is 3. The van der Waals surface area contributed by atoms with Crippen LogP contribution in [-0.4, -0.2) is 145 Å². The number of likely N-dealkylation sites (N-methyl/N-ethyl adjacent to an activating group) is 1. The lowest BCUT2D eigenvalue weighted by molar-refractivity contribution is -0.144. The number of hydrogen-bond acceptors (Lipinski definition) is 13. The molecule has 13 N–H and O–H groups in total. The van der Waals surface area contributed by atoms with Gasteiger partial charge in [0.15, 0.2) is 5.96 Å². The van der Waals surface area contributed by atoms with Crippen molar-refractivity contribution in [3.63, 3.8) is 0 Å². The molecule has 1 aromatic rings. The molecule has 0 aliphatic rings. The number of hydrogen-bond donors (Lipinski definition) is 10. The summed E-state index contributed by atoms with van der Waals surface area (Å²) in [5.74, 6) is -10.5. The first-order valence-electron chi connectivity index (χ1n) is 23.5.